The first-order valence-electron chi connectivity index (χ1n) is 5.76. The number of nitrogens with one attached hydrogen (secondary N) is 1. The predicted octanol–water partition coefficient (Wildman–Crippen LogP) is 2.37. The summed E-state index contributed by atoms with van der Waals surface area (Å²) in [5.74, 6) is 1.12. The third-order valence-corrected chi connectivity index (χ3v) is 2.56. The Labute approximate surface area is 110 Å². The largest absolute Gasteiger partial charge is 0.508 e. The predicted molar refractivity (Wildman–Crippen MR) is 71.3 cm³/mol. The molecule has 0 aliphatic carbocycles. The lowest BCUT2D eigenvalue weighted by Gasteiger charge is -1.97. The molecular formula is C14H14N2O3. The second kappa shape index (κ2) is 5.39. The molecule has 1 amide bonds. The molecule has 0 saturated carbocycles. The molecule has 1 aromatic carbocycles. The van der Waals surface area contributed by atoms with Gasteiger partial charge in [0.2, 0.25) is 0 Å². The van der Waals surface area contributed by atoms with Crippen LogP contribution >= 0.6 is 0 Å². The summed E-state index contributed by atoms with van der Waals surface area (Å²) in [4.78, 5) is 11.8. The minimum Gasteiger partial charge on any atom is -0.508 e. The number of benzene rings is 1. The number of amides is 1. The smallest absolute Gasteiger partial charge is 0.274 e. The van der Waals surface area contributed by atoms with Gasteiger partial charge in [0, 0.05) is 0 Å². The highest BCUT2D eigenvalue weighted by Gasteiger charge is 2.12. The zero-order valence-electron chi connectivity index (χ0n) is 10.7. The molecule has 0 saturated heterocycles. The Morgan fingerprint density at radius 3 is 2.58 bits per heavy atom. The maximum Gasteiger partial charge on any atom is 0.274 e. The quantitative estimate of drug-likeness (QED) is 0.655. The van der Waals surface area contributed by atoms with Gasteiger partial charge < -0.3 is 9.52 Å². The normalized spacial score (nSPS) is 10.8. The molecule has 0 fully saturated rings. The highest BCUT2D eigenvalue weighted by atomic mass is 16.3. The van der Waals surface area contributed by atoms with Crippen LogP contribution in [0.2, 0.25) is 0 Å². The van der Waals surface area contributed by atoms with Crippen molar-refractivity contribution in [2.45, 2.75) is 13.8 Å². The van der Waals surface area contributed by atoms with Gasteiger partial charge in [0.05, 0.1) is 11.8 Å². The van der Waals surface area contributed by atoms with Gasteiger partial charge in [-0.15, -0.1) is 0 Å². The summed E-state index contributed by atoms with van der Waals surface area (Å²) in [6.07, 6.45) is 1.50. The molecule has 0 aliphatic rings. The fourth-order valence-electron chi connectivity index (χ4n) is 1.64. The van der Waals surface area contributed by atoms with Crippen LogP contribution in [0.5, 0.6) is 5.75 Å². The Balaban J connectivity index is 2.00. The number of carbonyl (C=O) groups excluding carboxylic acids is 1. The topological polar surface area (TPSA) is 74.8 Å². The number of carbonyl (C=O) groups is 1. The molecule has 0 unspecified atom stereocenters. The minimum atomic E-state index is -0.315. The summed E-state index contributed by atoms with van der Waals surface area (Å²) in [5, 5.41) is 13.0. The van der Waals surface area contributed by atoms with E-state index in [1.54, 1.807) is 44.2 Å². The molecule has 0 bridgehead atoms. The van der Waals surface area contributed by atoms with E-state index in [9.17, 15) is 4.79 Å². The van der Waals surface area contributed by atoms with Crippen molar-refractivity contribution < 1.29 is 14.3 Å². The second-order valence-electron chi connectivity index (χ2n) is 4.12. The zero-order chi connectivity index (χ0) is 13.8. The zero-order valence-corrected chi connectivity index (χ0v) is 10.7. The van der Waals surface area contributed by atoms with Crippen LogP contribution in [0.3, 0.4) is 0 Å². The van der Waals surface area contributed by atoms with Crippen LogP contribution in [-0.2, 0) is 0 Å². The van der Waals surface area contributed by atoms with Gasteiger partial charge in [-0.05, 0) is 49.7 Å². The fourth-order valence-corrected chi connectivity index (χ4v) is 1.64. The molecule has 0 radical (unpaired) electrons. The molecule has 0 atom stereocenters. The van der Waals surface area contributed by atoms with Crippen LogP contribution in [0, 0.1) is 13.8 Å². The maximum absolute atomic E-state index is 11.8. The molecule has 0 aliphatic heterocycles. The van der Waals surface area contributed by atoms with E-state index in [4.69, 9.17) is 9.52 Å². The van der Waals surface area contributed by atoms with E-state index in [-0.39, 0.29) is 11.7 Å². The molecule has 5 heteroatoms. The molecule has 2 rings (SSSR count). The van der Waals surface area contributed by atoms with Crippen molar-refractivity contribution in [1.29, 1.82) is 0 Å². The highest BCUT2D eigenvalue weighted by molar-refractivity contribution is 5.95. The first-order chi connectivity index (χ1) is 9.06. The Morgan fingerprint density at radius 2 is 2.00 bits per heavy atom. The summed E-state index contributed by atoms with van der Waals surface area (Å²) in [6, 6.07) is 8.15. The summed E-state index contributed by atoms with van der Waals surface area (Å²) < 4.78 is 5.27. The van der Waals surface area contributed by atoms with Crippen LogP contribution in [0.15, 0.2) is 39.9 Å². The maximum atomic E-state index is 11.8. The van der Waals surface area contributed by atoms with E-state index in [2.05, 4.69) is 10.5 Å². The summed E-state index contributed by atoms with van der Waals surface area (Å²) in [5.41, 5.74) is 3.67. The third kappa shape index (κ3) is 3.22. The molecule has 2 N–H and O–H groups in total. The number of hydrazone groups is 1. The molecule has 5 nitrogen and oxygen atoms in total. The Hall–Kier alpha value is -2.56. The molecule has 98 valence electrons. The molecular weight excluding hydrogens is 244 g/mol. The van der Waals surface area contributed by atoms with Gasteiger partial charge >= 0.3 is 0 Å². The first-order valence-corrected chi connectivity index (χ1v) is 5.76. The number of hydrogen-bond acceptors (Lipinski definition) is 4. The molecule has 0 spiro atoms. The average molecular weight is 258 g/mol. The van der Waals surface area contributed by atoms with E-state index in [0.29, 0.717) is 17.1 Å². The van der Waals surface area contributed by atoms with Crippen molar-refractivity contribution in [2.75, 3.05) is 0 Å². The van der Waals surface area contributed by atoms with Crippen molar-refractivity contribution in [3.63, 3.8) is 0 Å². The first kappa shape index (κ1) is 12.9. The van der Waals surface area contributed by atoms with Gasteiger partial charge in [0.15, 0.2) is 0 Å². The molecule has 2 aromatic rings. The van der Waals surface area contributed by atoms with Crippen LogP contribution in [0.25, 0.3) is 0 Å². The second-order valence-corrected chi connectivity index (χ2v) is 4.12. The standard InChI is InChI=1S/C14H14N2O3/c1-9-7-13(10(2)19-9)14(18)16-15-8-11-3-5-12(17)6-4-11/h3-8,17H,1-2H3,(H,16,18)/b15-8-. The van der Waals surface area contributed by atoms with Crippen LogP contribution in [-0.4, -0.2) is 17.2 Å². The molecule has 1 aromatic heterocycles. The Morgan fingerprint density at radius 1 is 1.32 bits per heavy atom. The fraction of sp³-hybridized carbons (Fsp3) is 0.143. The van der Waals surface area contributed by atoms with Crippen molar-refractivity contribution in [2.24, 2.45) is 5.10 Å². The highest BCUT2D eigenvalue weighted by Crippen LogP contribution is 2.13. The third-order valence-electron chi connectivity index (χ3n) is 2.56. The van der Waals surface area contributed by atoms with Crippen LogP contribution in [0.1, 0.15) is 27.4 Å². The lowest BCUT2D eigenvalue weighted by molar-refractivity contribution is 0.0953. The monoisotopic (exact) mass is 258 g/mol. The Kier molecular flexibility index (Phi) is 3.66. The van der Waals surface area contributed by atoms with Crippen LogP contribution < -0.4 is 5.43 Å². The summed E-state index contributed by atoms with van der Waals surface area (Å²) in [6.45, 7) is 3.51. The number of hydrogen-bond donors (Lipinski definition) is 2. The Bertz CT molecular complexity index is 612. The van der Waals surface area contributed by atoms with E-state index >= 15 is 0 Å². The number of aromatic hydroxyl groups is 1. The number of furan rings is 1. The average Bonchev–Trinajstić information content (AvgIpc) is 2.71. The van der Waals surface area contributed by atoms with Gasteiger partial charge in [0.25, 0.3) is 5.91 Å². The lowest BCUT2D eigenvalue weighted by Crippen LogP contribution is -2.17. The van der Waals surface area contributed by atoms with Gasteiger partial charge in [0.1, 0.15) is 17.3 Å². The van der Waals surface area contributed by atoms with Crippen molar-refractivity contribution in [3.8, 4) is 5.75 Å². The van der Waals surface area contributed by atoms with E-state index < -0.39 is 0 Å². The lowest BCUT2D eigenvalue weighted by atomic mass is 10.2. The van der Waals surface area contributed by atoms with E-state index in [0.717, 1.165) is 5.56 Å². The number of phenolic OH excluding ortho intramolecular Hbond substituents is 1. The van der Waals surface area contributed by atoms with Crippen LogP contribution in [0.4, 0.5) is 0 Å². The number of aryl methyl sites for hydroxylation is 2. The van der Waals surface area contributed by atoms with Gasteiger partial charge in [-0.3, -0.25) is 4.79 Å². The molecule has 19 heavy (non-hydrogen) atoms. The number of nitrogens with zero attached hydrogens (tertiary/aromatic N) is 1. The van der Waals surface area contributed by atoms with Gasteiger partial charge in [-0.2, -0.15) is 5.10 Å². The summed E-state index contributed by atoms with van der Waals surface area (Å²) in [7, 11) is 0. The SMILES string of the molecule is Cc1cc(C(=O)N/N=C\c2ccc(O)cc2)c(C)o1. The summed E-state index contributed by atoms with van der Waals surface area (Å²) >= 11 is 0. The molecule has 1 heterocycles. The van der Waals surface area contributed by atoms with E-state index in [1.165, 1.54) is 6.21 Å². The number of rotatable bonds is 3. The van der Waals surface area contributed by atoms with Gasteiger partial charge in [-0.1, -0.05) is 0 Å². The number of phenols is 1. The van der Waals surface area contributed by atoms with Crippen molar-refractivity contribution in [3.05, 3.63) is 53.0 Å². The van der Waals surface area contributed by atoms with Crippen molar-refractivity contribution >= 4 is 12.1 Å². The van der Waals surface area contributed by atoms with Gasteiger partial charge in [-0.25, -0.2) is 5.43 Å². The van der Waals surface area contributed by atoms with Crippen molar-refractivity contribution in [1.82, 2.24) is 5.43 Å². The minimum absolute atomic E-state index is 0.186. The van der Waals surface area contributed by atoms with E-state index in [1.807, 2.05) is 0 Å².